The Morgan fingerprint density at radius 1 is 1.11 bits per heavy atom. The zero-order valence-electron chi connectivity index (χ0n) is 15.3. The monoisotopic (exact) mass is 383 g/mol. The number of rotatable bonds is 7. The van der Waals surface area contributed by atoms with Crippen LogP contribution in [0.15, 0.2) is 42.5 Å². The van der Waals surface area contributed by atoms with Crippen LogP contribution in [0.3, 0.4) is 0 Å². The van der Waals surface area contributed by atoms with Crippen LogP contribution in [-0.2, 0) is 17.5 Å². The number of carbonyl (C=O) groups is 1. The van der Waals surface area contributed by atoms with Gasteiger partial charge in [-0.2, -0.15) is 13.2 Å². The fraction of sp³-hybridized carbons (Fsp3) is 0.316. The largest absolute Gasteiger partial charge is 0.493 e. The molecule has 2 aromatic rings. The van der Waals surface area contributed by atoms with E-state index in [-0.39, 0.29) is 18.1 Å². The Morgan fingerprint density at radius 3 is 2.44 bits per heavy atom. The Hall–Kier alpha value is -2.74. The molecule has 0 aliphatic heterocycles. The lowest BCUT2D eigenvalue weighted by Gasteiger charge is -2.17. The fourth-order valence-corrected chi connectivity index (χ4v) is 2.73. The van der Waals surface area contributed by atoms with Gasteiger partial charge in [-0.1, -0.05) is 12.1 Å². The number of alkyl halides is 3. The number of nitrogens with one attached hydrogen (secondary N) is 2. The minimum Gasteiger partial charge on any atom is -0.493 e. The van der Waals surface area contributed by atoms with Crippen molar-refractivity contribution >= 4 is 11.6 Å². The van der Waals surface area contributed by atoms with Gasteiger partial charge in [-0.3, -0.25) is 4.79 Å². The quantitative estimate of drug-likeness (QED) is 0.772. The van der Waals surface area contributed by atoms with Crippen LogP contribution in [0.5, 0.6) is 11.5 Å². The van der Waals surface area contributed by atoms with Crippen molar-refractivity contribution in [2.45, 2.75) is 12.7 Å². The molecular weight excluding hydrogens is 361 g/mol. The number of methoxy groups -OCH3 is 2. The van der Waals surface area contributed by atoms with Crippen LogP contribution in [0.4, 0.5) is 18.9 Å². The SMILES string of the molecule is COc1cccc(C[NH+](C)CC(=O)Nc2cccc(C(F)(F)F)c2)c1OC. The third kappa shape index (κ3) is 5.62. The van der Waals surface area contributed by atoms with Crippen LogP contribution in [0.25, 0.3) is 0 Å². The van der Waals surface area contributed by atoms with E-state index in [4.69, 9.17) is 9.47 Å². The number of para-hydroxylation sites is 1. The predicted molar refractivity (Wildman–Crippen MR) is 95.1 cm³/mol. The molecule has 0 radical (unpaired) electrons. The number of quaternary nitrogens is 1. The van der Waals surface area contributed by atoms with Gasteiger partial charge in [0.05, 0.1) is 32.4 Å². The number of hydrogen-bond donors (Lipinski definition) is 2. The molecule has 146 valence electrons. The molecular formula is C19H22F3N2O3+. The average Bonchev–Trinajstić information content (AvgIpc) is 2.60. The molecule has 0 aliphatic rings. The molecule has 0 bridgehead atoms. The highest BCUT2D eigenvalue weighted by molar-refractivity contribution is 5.91. The molecule has 0 fully saturated rings. The first-order valence-electron chi connectivity index (χ1n) is 8.23. The number of carbonyl (C=O) groups excluding carboxylic acids is 1. The highest BCUT2D eigenvalue weighted by Gasteiger charge is 2.30. The lowest BCUT2D eigenvalue weighted by atomic mass is 10.1. The fourth-order valence-electron chi connectivity index (χ4n) is 2.73. The molecule has 2 rings (SSSR count). The summed E-state index contributed by atoms with van der Waals surface area (Å²) >= 11 is 0. The number of hydrogen-bond acceptors (Lipinski definition) is 3. The van der Waals surface area contributed by atoms with Crippen LogP contribution in [0, 0.1) is 0 Å². The number of benzene rings is 2. The molecule has 0 aliphatic carbocycles. The minimum absolute atomic E-state index is 0.0800. The smallest absolute Gasteiger partial charge is 0.416 e. The van der Waals surface area contributed by atoms with Gasteiger partial charge in [0.25, 0.3) is 5.91 Å². The van der Waals surface area contributed by atoms with Crippen LogP contribution in [-0.4, -0.2) is 33.7 Å². The van der Waals surface area contributed by atoms with Crippen molar-refractivity contribution in [1.29, 1.82) is 0 Å². The van der Waals surface area contributed by atoms with E-state index in [1.807, 2.05) is 19.2 Å². The van der Waals surface area contributed by atoms with E-state index in [0.717, 1.165) is 22.6 Å². The van der Waals surface area contributed by atoms with Gasteiger partial charge in [0, 0.05) is 5.69 Å². The van der Waals surface area contributed by atoms with Gasteiger partial charge < -0.3 is 19.7 Å². The van der Waals surface area contributed by atoms with Crippen molar-refractivity contribution in [2.24, 2.45) is 0 Å². The molecule has 0 saturated heterocycles. The predicted octanol–water partition coefficient (Wildman–Crippen LogP) is 2.38. The second-order valence-corrected chi connectivity index (χ2v) is 6.09. The van der Waals surface area contributed by atoms with Crippen LogP contribution < -0.4 is 19.7 Å². The lowest BCUT2D eigenvalue weighted by molar-refractivity contribution is -0.885. The maximum Gasteiger partial charge on any atom is 0.416 e. The van der Waals surface area contributed by atoms with Crippen molar-refractivity contribution in [3.63, 3.8) is 0 Å². The zero-order chi connectivity index (χ0) is 20.0. The first-order chi connectivity index (χ1) is 12.7. The van der Waals surface area contributed by atoms with Gasteiger partial charge >= 0.3 is 6.18 Å². The van der Waals surface area contributed by atoms with Crippen molar-refractivity contribution in [2.75, 3.05) is 33.1 Å². The molecule has 0 heterocycles. The van der Waals surface area contributed by atoms with Gasteiger partial charge in [0.2, 0.25) is 0 Å². The highest BCUT2D eigenvalue weighted by atomic mass is 19.4. The Kier molecular flexibility index (Phi) is 6.68. The van der Waals surface area contributed by atoms with E-state index >= 15 is 0 Å². The second-order valence-electron chi connectivity index (χ2n) is 6.09. The van der Waals surface area contributed by atoms with Crippen molar-refractivity contribution in [3.05, 3.63) is 53.6 Å². The molecule has 1 unspecified atom stereocenters. The molecule has 0 aromatic heterocycles. The Balaban J connectivity index is 2.01. The first-order valence-corrected chi connectivity index (χ1v) is 8.23. The number of anilines is 1. The van der Waals surface area contributed by atoms with Gasteiger partial charge in [-0.05, 0) is 30.3 Å². The lowest BCUT2D eigenvalue weighted by Crippen LogP contribution is -3.08. The third-order valence-corrected chi connectivity index (χ3v) is 3.91. The zero-order valence-corrected chi connectivity index (χ0v) is 15.3. The van der Waals surface area contributed by atoms with Gasteiger partial charge in [0.1, 0.15) is 6.54 Å². The summed E-state index contributed by atoms with van der Waals surface area (Å²) in [6, 6.07) is 10.0. The summed E-state index contributed by atoms with van der Waals surface area (Å²) in [6.45, 7) is 0.562. The van der Waals surface area contributed by atoms with Crippen molar-refractivity contribution in [1.82, 2.24) is 0 Å². The topological polar surface area (TPSA) is 52.0 Å². The molecule has 1 atom stereocenters. The highest BCUT2D eigenvalue weighted by Crippen LogP contribution is 2.31. The molecule has 0 spiro atoms. The molecule has 0 saturated carbocycles. The first kappa shape index (κ1) is 20.6. The Morgan fingerprint density at radius 2 is 1.81 bits per heavy atom. The van der Waals surface area contributed by atoms with Gasteiger partial charge in [0.15, 0.2) is 18.0 Å². The van der Waals surface area contributed by atoms with E-state index in [9.17, 15) is 18.0 Å². The number of ether oxygens (including phenoxy) is 2. The third-order valence-electron chi connectivity index (χ3n) is 3.91. The van der Waals surface area contributed by atoms with Crippen LogP contribution in [0.1, 0.15) is 11.1 Å². The molecule has 27 heavy (non-hydrogen) atoms. The summed E-state index contributed by atoms with van der Waals surface area (Å²) in [5.74, 6) is 0.808. The van der Waals surface area contributed by atoms with E-state index in [2.05, 4.69) is 5.32 Å². The standard InChI is InChI=1S/C19H21F3N2O3/c1-24(11-13-6-4-9-16(26-2)18(13)27-3)12-17(25)23-15-8-5-7-14(10-15)19(20,21)22/h4-10H,11-12H2,1-3H3,(H,23,25)/p+1. The summed E-state index contributed by atoms with van der Waals surface area (Å²) in [6.07, 6.45) is -4.45. The van der Waals surface area contributed by atoms with Crippen LogP contribution in [0.2, 0.25) is 0 Å². The van der Waals surface area contributed by atoms with E-state index < -0.39 is 11.7 Å². The second kappa shape index (κ2) is 8.77. The van der Waals surface area contributed by atoms with E-state index in [1.54, 1.807) is 13.2 Å². The number of likely N-dealkylation sites (N-methyl/N-ethyl adjacent to an activating group) is 1. The molecule has 8 heteroatoms. The summed E-state index contributed by atoms with van der Waals surface area (Å²) in [5, 5.41) is 2.51. The van der Waals surface area contributed by atoms with Gasteiger partial charge in [-0.15, -0.1) is 0 Å². The van der Waals surface area contributed by atoms with E-state index in [1.165, 1.54) is 19.2 Å². The van der Waals surface area contributed by atoms with Crippen molar-refractivity contribution in [3.8, 4) is 11.5 Å². The Labute approximate surface area is 155 Å². The van der Waals surface area contributed by atoms with Crippen molar-refractivity contribution < 1.29 is 32.3 Å². The number of halogens is 3. The summed E-state index contributed by atoms with van der Waals surface area (Å²) in [7, 11) is 4.89. The Bertz CT molecular complexity index is 794. The average molecular weight is 383 g/mol. The maximum absolute atomic E-state index is 12.8. The summed E-state index contributed by atoms with van der Waals surface area (Å²) < 4.78 is 48.9. The van der Waals surface area contributed by atoms with Crippen LogP contribution >= 0.6 is 0 Å². The van der Waals surface area contributed by atoms with Gasteiger partial charge in [-0.25, -0.2) is 0 Å². The maximum atomic E-state index is 12.8. The minimum atomic E-state index is -4.45. The normalized spacial score (nSPS) is 12.4. The summed E-state index contributed by atoms with van der Waals surface area (Å²) in [5.41, 5.74) is 0.171. The molecule has 2 aromatic carbocycles. The molecule has 5 nitrogen and oxygen atoms in total. The molecule has 2 N–H and O–H groups in total. The summed E-state index contributed by atoms with van der Waals surface area (Å²) in [4.78, 5) is 13.0. The number of amides is 1. The molecule has 1 amide bonds. The van der Waals surface area contributed by atoms with E-state index in [0.29, 0.717) is 18.0 Å².